The van der Waals surface area contributed by atoms with E-state index in [-0.39, 0.29) is 24.0 Å². The molecule has 0 aromatic heterocycles. The molecule has 1 aliphatic carbocycles. The number of carbonyl (C=O) groups is 1. The van der Waals surface area contributed by atoms with Crippen molar-refractivity contribution in [1.29, 1.82) is 0 Å². The molecule has 0 radical (unpaired) electrons. The van der Waals surface area contributed by atoms with Gasteiger partial charge in [-0.1, -0.05) is 71.8 Å². The van der Waals surface area contributed by atoms with Crippen LogP contribution in [0.5, 0.6) is 0 Å². The van der Waals surface area contributed by atoms with Crippen LogP contribution in [-0.2, 0) is 16.0 Å². The van der Waals surface area contributed by atoms with E-state index in [0.717, 1.165) is 30.9 Å². The van der Waals surface area contributed by atoms with Gasteiger partial charge in [0.1, 0.15) is 6.61 Å². The molecule has 1 aliphatic heterocycles. The number of anilines is 2. The summed E-state index contributed by atoms with van der Waals surface area (Å²) in [6.45, 7) is 6.13. The lowest BCUT2D eigenvalue weighted by molar-refractivity contribution is -0.154. The zero-order chi connectivity index (χ0) is 25.8. The molecule has 2 fully saturated rings. The van der Waals surface area contributed by atoms with Crippen molar-refractivity contribution in [3.63, 3.8) is 0 Å². The number of ether oxygens (including phenoxy) is 1. The highest BCUT2D eigenvalue weighted by Crippen LogP contribution is 2.43. The van der Waals surface area contributed by atoms with Crippen molar-refractivity contribution in [2.24, 2.45) is 11.8 Å². The smallest absolute Gasteiger partial charge is 0.311 e. The summed E-state index contributed by atoms with van der Waals surface area (Å²) in [5, 5.41) is 7.58. The Labute approximate surface area is 221 Å². The molecule has 5 nitrogen and oxygen atoms in total. The lowest BCUT2D eigenvalue weighted by atomic mass is 10.00. The Bertz CT molecular complexity index is 1180. The molecule has 37 heavy (non-hydrogen) atoms. The fraction of sp³-hybridized carbons (Fsp3) is 0.406. The van der Waals surface area contributed by atoms with Crippen molar-refractivity contribution >= 4 is 17.3 Å². The van der Waals surface area contributed by atoms with Gasteiger partial charge in [0.2, 0.25) is 0 Å². The van der Waals surface area contributed by atoms with Crippen LogP contribution >= 0.6 is 0 Å². The molecular weight excluding hydrogens is 458 g/mol. The number of hydrogen-bond donors (Lipinski definition) is 2. The van der Waals surface area contributed by atoms with Crippen LogP contribution in [0.2, 0.25) is 0 Å². The van der Waals surface area contributed by atoms with E-state index >= 15 is 0 Å². The van der Waals surface area contributed by atoms with Crippen LogP contribution in [-0.4, -0.2) is 43.7 Å². The van der Waals surface area contributed by atoms with E-state index in [0.29, 0.717) is 12.5 Å². The molecule has 5 rings (SSSR count). The Morgan fingerprint density at radius 3 is 2.08 bits per heavy atom. The second-order valence-corrected chi connectivity index (χ2v) is 11.0. The first-order valence-corrected chi connectivity index (χ1v) is 13.5. The fourth-order valence-electron chi connectivity index (χ4n) is 5.11. The number of hydrogen-bond acceptors (Lipinski definition) is 5. The highest BCUT2D eigenvalue weighted by atomic mass is 16.5. The summed E-state index contributed by atoms with van der Waals surface area (Å²) in [6, 6.07) is 26.1. The maximum Gasteiger partial charge on any atom is 0.311 e. The molecule has 2 unspecified atom stereocenters. The van der Waals surface area contributed by atoms with Gasteiger partial charge in [0, 0.05) is 13.1 Å². The van der Waals surface area contributed by atoms with Crippen LogP contribution in [0.25, 0.3) is 0 Å². The highest BCUT2D eigenvalue weighted by Gasteiger charge is 2.33. The second kappa shape index (κ2) is 11.4. The monoisotopic (exact) mass is 497 g/mol. The molecule has 2 N–H and O–H groups in total. The zero-order valence-electron chi connectivity index (χ0n) is 22.2. The Morgan fingerprint density at radius 1 is 0.892 bits per heavy atom. The van der Waals surface area contributed by atoms with Crippen molar-refractivity contribution < 1.29 is 9.53 Å². The van der Waals surface area contributed by atoms with Crippen molar-refractivity contribution in [2.45, 2.75) is 45.2 Å². The van der Waals surface area contributed by atoms with Gasteiger partial charge in [-0.15, -0.1) is 0 Å². The van der Waals surface area contributed by atoms with E-state index in [9.17, 15) is 4.79 Å². The second-order valence-electron chi connectivity index (χ2n) is 11.0. The maximum atomic E-state index is 12.6. The van der Waals surface area contributed by atoms with Crippen molar-refractivity contribution in [2.75, 3.05) is 37.4 Å². The lowest BCUT2D eigenvalue weighted by Gasteiger charge is -2.34. The largest absolute Gasteiger partial charge is 0.463 e. The summed E-state index contributed by atoms with van der Waals surface area (Å²) in [6.07, 6.45) is 3.28. The van der Waals surface area contributed by atoms with E-state index in [1.807, 2.05) is 7.05 Å². The van der Waals surface area contributed by atoms with E-state index in [4.69, 9.17) is 4.74 Å². The van der Waals surface area contributed by atoms with Gasteiger partial charge in [-0.25, -0.2) is 0 Å². The molecule has 3 aromatic carbocycles. The summed E-state index contributed by atoms with van der Waals surface area (Å²) in [5.74, 6) is 0.557. The van der Waals surface area contributed by atoms with Crippen molar-refractivity contribution in [3.8, 4) is 0 Å². The number of benzene rings is 3. The minimum atomic E-state index is -0.0895. The predicted molar refractivity (Wildman–Crippen MR) is 151 cm³/mol. The van der Waals surface area contributed by atoms with Gasteiger partial charge in [-0.2, -0.15) is 0 Å². The van der Waals surface area contributed by atoms with E-state index in [2.05, 4.69) is 102 Å². The van der Waals surface area contributed by atoms with Crippen molar-refractivity contribution in [1.82, 2.24) is 4.90 Å². The maximum absolute atomic E-state index is 12.6. The topological polar surface area (TPSA) is 53.6 Å². The molecule has 1 saturated carbocycles. The normalized spacial score (nSPS) is 17.5. The predicted octanol–water partition coefficient (Wildman–Crippen LogP) is 5.99. The van der Waals surface area contributed by atoms with Gasteiger partial charge >= 0.3 is 5.97 Å². The Hall–Kier alpha value is -3.31. The molecule has 1 heterocycles. The molecule has 0 spiro atoms. The van der Waals surface area contributed by atoms with E-state index < -0.39 is 0 Å². The third kappa shape index (κ3) is 6.72. The number of aryl methyl sites for hydroxylation is 2. The number of esters is 1. The fourth-order valence-corrected chi connectivity index (χ4v) is 5.11. The Morgan fingerprint density at radius 2 is 1.49 bits per heavy atom. The Balaban J connectivity index is 1.32. The Kier molecular flexibility index (Phi) is 7.80. The van der Waals surface area contributed by atoms with Crippen LogP contribution in [0.1, 0.15) is 41.1 Å². The summed E-state index contributed by atoms with van der Waals surface area (Å²) in [4.78, 5) is 14.8. The van der Waals surface area contributed by atoms with Crippen LogP contribution in [0.4, 0.5) is 11.4 Å². The van der Waals surface area contributed by atoms with E-state index in [1.54, 1.807) is 0 Å². The van der Waals surface area contributed by atoms with Gasteiger partial charge in [0.15, 0.2) is 0 Å². The van der Waals surface area contributed by atoms with Gasteiger partial charge in [-0.3, -0.25) is 4.79 Å². The van der Waals surface area contributed by atoms with Gasteiger partial charge in [0.05, 0.1) is 29.4 Å². The number of rotatable bonds is 11. The standard InChI is InChI=1S/C32H39N3O2/c1-22-8-12-24(13-9-22)18-28(21-37-32(36)27-19-35(3)20-27)33-29-6-4-5-7-30(29)34-31(26-16-17-26)25-14-10-23(2)11-15-25/h4-15,26-28,31,33-34H,16-21H2,1-3H3. The molecule has 2 aliphatic rings. The number of likely N-dealkylation sites (tertiary alicyclic amines) is 1. The minimum absolute atomic E-state index is 0.00668. The van der Waals surface area contributed by atoms with Crippen LogP contribution in [0, 0.1) is 25.7 Å². The number of nitrogens with zero attached hydrogens (tertiary/aromatic N) is 1. The summed E-state index contributed by atoms with van der Waals surface area (Å²) >= 11 is 0. The van der Waals surface area contributed by atoms with Gasteiger partial charge in [0.25, 0.3) is 0 Å². The minimum Gasteiger partial charge on any atom is -0.463 e. The van der Waals surface area contributed by atoms with Crippen LogP contribution in [0.3, 0.4) is 0 Å². The highest BCUT2D eigenvalue weighted by molar-refractivity contribution is 5.74. The average molecular weight is 498 g/mol. The first kappa shape index (κ1) is 25.3. The van der Waals surface area contributed by atoms with Gasteiger partial charge < -0.3 is 20.3 Å². The van der Waals surface area contributed by atoms with Gasteiger partial charge in [-0.05, 0) is 69.3 Å². The first-order chi connectivity index (χ1) is 17.9. The summed E-state index contributed by atoms with van der Waals surface area (Å²) < 4.78 is 5.83. The molecule has 194 valence electrons. The summed E-state index contributed by atoms with van der Waals surface area (Å²) in [7, 11) is 2.03. The van der Waals surface area contributed by atoms with Crippen LogP contribution < -0.4 is 10.6 Å². The third-order valence-corrected chi connectivity index (χ3v) is 7.55. The molecule has 1 saturated heterocycles. The molecule has 3 aromatic rings. The first-order valence-electron chi connectivity index (χ1n) is 13.5. The van der Waals surface area contributed by atoms with E-state index in [1.165, 1.54) is 35.1 Å². The molecule has 5 heteroatoms. The molecular formula is C32H39N3O2. The lowest BCUT2D eigenvalue weighted by Crippen LogP contribution is -2.49. The number of nitrogens with one attached hydrogen (secondary N) is 2. The summed E-state index contributed by atoms with van der Waals surface area (Å²) in [5.41, 5.74) is 7.20. The molecule has 2 atom stereocenters. The van der Waals surface area contributed by atoms with Crippen LogP contribution in [0.15, 0.2) is 72.8 Å². The van der Waals surface area contributed by atoms with Crippen molar-refractivity contribution in [3.05, 3.63) is 95.1 Å². The number of carbonyl (C=O) groups excluding carboxylic acids is 1. The molecule has 0 amide bonds. The number of para-hydroxylation sites is 2. The average Bonchev–Trinajstić information content (AvgIpc) is 3.72. The molecule has 0 bridgehead atoms. The SMILES string of the molecule is Cc1ccc(CC(COC(=O)C2CN(C)C2)Nc2ccccc2NC(c2ccc(C)cc2)C2CC2)cc1. The third-order valence-electron chi connectivity index (χ3n) is 7.55. The zero-order valence-corrected chi connectivity index (χ0v) is 22.2. The quantitative estimate of drug-likeness (QED) is 0.319.